The average molecular weight is 178 g/mol. The van der Waals surface area contributed by atoms with Crippen molar-refractivity contribution in [3.8, 4) is 0 Å². The molecule has 0 radical (unpaired) electrons. The van der Waals surface area contributed by atoms with Crippen molar-refractivity contribution in [1.29, 1.82) is 0 Å². The molecule has 0 atom stereocenters. The number of fused-ring (bicyclic) bond motifs is 1. The Morgan fingerprint density at radius 1 is 1.08 bits per heavy atom. The zero-order chi connectivity index (χ0) is 8.97. The third-order valence-electron chi connectivity index (χ3n) is 1.61. The highest BCUT2D eigenvalue weighted by Crippen LogP contribution is 2.20. The smallest absolute Gasteiger partial charge is 0.0342 e. The Kier molecular flexibility index (Phi) is 3.30. The molecule has 0 aliphatic heterocycles. The van der Waals surface area contributed by atoms with Crippen LogP contribution in [0, 0.1) is 6.92 Å². The first-order valence-corrected chi connectivity index (χ1v) is 5.18. The van der Waals surface area contributed by atoms with Gasteiger partial charge >= 0.3 is 0 Å². The Labute approximate surface area is 77.9 Å². The van der Waals surface area contributed by atoms with Crippen LogP contribution < -0.4 is 0 Å². The van der Waals surface area contributed by atoms with Gasteiger partial charge in [-0.15, -0.1) is 11.3 Å². The van der Waals surface area contributed by atoms with Gasteiger partial charge in [-0.3, -0.25) is 0 Å². The van der Waals surface area contributed by atoms with Crippen LogP contribution in [0.25, 0.3) is 10.1 Å². The first kappa shape index (κ1) is 9.27. The molecular weight excluding hydrogens is 164 g/mol. The highest BCUT2D eigenvalue weighted by Gasteiger charge is 1.91. The van der Waals surface area contributed by atoms with E-state index in [1.165, 1.54) is 15.6 Å². The monoisotopic (exact) mass is 178 g/mol. The number of hydrogen-bond donors (Lipinski definition) is 0. The first-order valence-electron chi connectivity index (χ1n) is 4.30. The number of benzene rings is 1. The van der Waals surface area contributed by atoms with Crippen molar-refractivity contribution in [2.45, 2.75) is 20.8 Å². The predicted molar refractivity (Wildman–Crippen MR) is 57.9 cm³/mol. The van der Waals surface area contributed by atoms with E-state index in [1.807, 2.05) is 13.8 Å². The lowest BCUT2D eigenvalue weighted by atomic mass is 10.2. The molecule has 0 bridgehead atoms. The quantitative estimate of drug-likeness (QED) is 0.566. The second-order valence-electron chi connectivity index (χ2n) is 2.46. The van der Waals surface area contributed by atoms with Crippen molar-refractivity contribution in [3.05, 3.63) is 35.2 Å². The van der Waals surface area contributed by atoms with E-state index in [1.54, 1.807) is 11.3 Å². The molecule has 1 heteroatoms. The Bertz CT molecular complexity index is 347. The summed E-state index contributed by atoms with van der Waals surface area (Å²) in [5.41, 5.74) is 1.34. The van der Waals surface area contributed by atoms with E-state index in [0.717, 1.165) is 0 Å². The van der Waals surface area contributed by atoms with Crippen molar-refractivity contribution in [2.75, 3.05) is 0 Å². The highest BCUT2D eigenvalue weighted by molar-refractivity contribution is 7.17. The lowest BCUT2D eigenvalue weighted by Crippen LogP contribution is -1.67. The molecule has 0 aliphatic carbocycles. The van der Waals surface area contributed by atoms with Crippen molar-refractivity contribution >= 4 is 21.4 Å². The Morgan fingerprint density at radius 3 is 2.58 bits per heavy atom. The van der Waals surface area contributed by atoms with Gasteiger partial charge in [0.05, 0.1) is 0 Å². The van der Waals surface area contributed by atoms with E-state index < -0.39 is 0 Å². The first-order chi connectivity index (χ1) is 5.86. The van der Waals surface area contributed by atoms with Gasteiger partial charge in [0.25, 0.3) is 0 Å². The van der Waals surface area contributed by atoms with E-state index in [2.05, 4.69) is 36.6 Å². The fraction of sp³-hybridized carbons (Fsp3) is 0.273. The zero-order valence-corrected chi connectivity index (χ0v) is 8.61. The molecule has 0 saturated heterocycles. The van der Waals surface area contributed by atoms with Gasteiger partial charge in [-0.05, 0) is 29.8 Å². The van der Waals surface area contributed by atoms with Gasteiger partial charge in [-0.2, -0.15) is 0 Å². The molecule has 2 aromatic rings. The molecule has 0 fully saturated rings. The fourth-order valence-electron chi connectivity index (χ4n) is 1.09. The van der Waals surface area contributed by atoms with Crippen LogP contribution in [-0.4, -0.2) is 0 Å². The molecule has 0 unspecified atom stereocenters. The van der Waals surface area contributed by atoms with Crippen LogP contribution in [-0.2, 0) is 0 Å². The standard InChI is InChI=1S/C9H8S.C2H6/c1-7-2-3-9-8(6-7)4-5-10-9;1-2/h2-6H,1H3;1-2H3. The SMILES string of the molecule is CC.Cc1ccc2sccc2c1. The molecule has 0 saturated carbocycles. The molecule has 2 rings (SSSR count). The summed E-state index contributed by atoms with van der Waals surface area (Å²) in [6.07, 6.45) is 0. The van der Waals surface area contributed by atoms with Crippen molar-refractivity contribution in [1.82, 2.24) is 0 Å². The molecular formula is C11H14S. The number of thiophene rings is 1. The Morgan fingerprint density at radius 2 is 1.83 bits per heavy atom. The summed E-state index contributed by atoms with van der Waals surface area (Å²) in [6.45, 7) is 6.12. The lowest BCUT2D eigenvalue weighted by Gasteiger charge is -1.89. The molecule has 0 spiro atoms. The third-order valence-corrected chi connectivity index (χ3v) is 2.51. The highest BCUT2D eigenvalue weighted by atomic mass is 32.1. The second kappa shape index (κ2) is 4.27. The van der Waals surface area contributed by atoms with Crippen molar-refractivity contribution in [3.63, 3.8) is 0 Å². The van der Waals surface area contributed by atoms with Gasteiger partial charge in [-0.25, -0.2) is 0 Å². The average Bonchev–Trinajstić information content (AvgIpc) is 2.54. The largest absolute Gasteiger partial charge is 0.144 e. The number of rotatable bonds is 0. The van der Waals surface area contributed by atoms with Gasteiger partial charge in [0.2, 0.25) is 0 Å². The number of aryl methyl sites for hydroxylation is 1. The molecule has 1 heterocycles. The van der Waals surface area contributed by atoms with E-state index in [0.29, 0.717) is 0 Å². The Hall–Kier alpha value is -0.820. The van der Waals surface area contributed by atoms with Crippen molar-refractivity contribution in [2.24, 2.45) is 0 Å². The van der Waals surface area contributed by atoms with Crippen LogP contribution in [0.1, 0.15) is 19.4 Å². The van der Waals surface area contributed by atoms with Crippen molar-refractivity contribution < 1.29 is 0 Å². The lowest BCUT2D eigenvalue weighted by molar-refractivity contribution is 1.50. The normalized spacial score (nSPS) is 9.25. The third kappa shape index (κ3) is 1.86. The van der Waals surface area contributed by atoms with Gasteiger partial charge < -0.3 is 0 Å². The summed E-state index contributed by atoms with van der Waals surface area (Å²) in [6, 6.07) is 8.70. The minimum Gasteiger partial charge on any atom is -0.144 e. The van der Waals surface area contributed by atoms with Crippen LogP contribution in [0.4, 0.5) is 0 Å². The molecule has 1 aromatic carbocycles. The van der Waals surface area contributed by atoms with Gasteiger partial charge in [-0.1, -0.05) is 31.5 Å². The Balaban J connectivity index is 0.000000336. The van der Waals surface area contributed by atoms with Gasteiger partial charge in [0, 0.05) is 4.70 Å². The minimum atomic E-state index is 1.34. The van der Waals surface area contributed by atoms with E-state index in [-0.39, 0.29) is 0 Å². The number of hydrogen-bond acceptors (Lipinski definition) is 1. The van der Waals surface area contributed by atoms with Crippen LogP contribution in [0.5, 0.6) is 0 Å². The summed E-state index contributed by atoms with van der Waals surface area (Å²) < 4.78 is 1.38. The summed E-state index contributed by atoms with van der Waals surface area (Å²) >= 11 is 1.80. The maximum absolute atomic E-state index is 2.21. The molecule has 1 aromatic heterocycles. The second-order valence-corrected chi connectivity index (χ2v) is 3.41. The van der Waals surface area contributed by atoms with Gasteiger partial charge in [0.1, 0.15) is 0 Å². The summed E-state index contributed by atoms with van der Waals surface area (Å²) in [4.78, 5) is 0. The fourth-order valence-corrected chi connectivity index (χ4v) is 1.86. The summed E-state index contributed by atoms with van der Waals surface area (Å²) in [7, 11) is 0. The van der Waals surface area contributed by atoms with E-state index >= 15 is 0 Å². The zero-order valence-electron chi connectivity index (χ0n) is 7.79. The molecule has 0 nitrogen and oxygen atoms in total. The summed E-state index contributed by atoms with van der Waals surface area (Å²) in [5.74, 6) is 0. The van der Waals surface area contributed by atoms with Crippen LogP contribution in [0.2, 0.25) is 0 Å². The molecule has 64 valence electrons. The van der Waals surface area contributed by atoms with E-state index in [9.17, 15) is 0 Å². The molecule has 12 heavy (non-hydrogen) atoms. The van der Waals surface area contributed by atoms with E-state index in [4.69, 9.17) is 0 Å². The predicted octanol–water partition coefficient (Wildman–Crippen LogP) is 4.24. The maximum Gasteiger partial charge on any atom is 0.0342 e. The minimum absolute atomic E-state index is 1.34. The summed E-state index contributed by atoms with van der Waals surface area (Å²) in [5, 5.41) is 3.49. The van der Waals surface area contributed by atoms with Crippen LogP contribution in [0.15, 0.2) is 29.6 Å². The maximum atomic E-state index is 2.21. The van der Waals surface area contributed by atoms with Crippen LogP contribution >= 0.6 is 11.3 Å². The molecule has 0 aliphatic rings. The molecule has 0 N–H and O–H groups in total. The molecule has 0 amide bonds. The van der Waals surface area contributed by atoms with Crippen LogP contribution in [0.3, 0.4) is 0 Å². The topological polar surface area (TPSA) is 0 Å². The van der Waals surface area contributed by atoms with Gasteiger partial charge in [0.15, 0.2) is 0 Å².